The number of H-pyrrole nitrogens is 1. The Balaban J connectivity index is 1.83. The molecule has 0 bridgehead atoms. The average Bonchev–Trinajstić information content (AvgIpc) is 3.17. The lowest BCUT2D eigenvalue weighted by Crippen LogP contribution is -2.41. The van der Waals surface area contributed by atoms with Crippen LogP contribution in [0.3, 0.4) is 0 Å². The van der Waals surface area contributed by atoms with Crippen molar-refractivity contribution in [3.8, 4) is 0 Å². The van der Waals surface area contributed by atoms with Gasteiger partial charge >= 0.3 is 0 Å². The van der Waals surface area contributed by atoms with Gasteiger partial charge in [0, 0.05) is 17.5 Å². The van der Waals surface area contributed by atoms with Crippen LogP contribution >= 0.6 is 12.2 Å². The number of hydrogen-bond acceptors (Lipinski definition) is 4. The summed E-state index contributed by atoms with van der Waals surface area (Å²) in [4.78, 5) is 17.3. The van der Waals surface area contributed by atoms with E-state index in [1.807, 2.05) is 44.2 Å². The summed E-state index contributed by atoms with van der Waals surface area (Å²) in [6, 6.07) is 9.62. The van der Waals surface area contributed by atoms with Crippen LogP contribution in [0, 0.1) is 13.8 Å². The highest BCUT2D eigenvalue weighted by molar-refractivity contribution is 7.80. The summed E-state index contributed by atoms with van der Waals surface area (Å²) < 4.78 is 5.29. The quantitative estimate of drug-likeness (QED) is 0.566. The SMILES string of the molecule is Cc1ccc(C)c2[nH]c(=O)c(CN(CCO)C(=S)NCc3ccco3)cc12. The topological polar surface area (TPSA) is 81.5 Å². The molecule has 3 N–H and O–H groups in total. The number of nitrogens with zero attached hydrogens (tertiary/aromatic N) is 1. The Hall–Kier alpha value is -2.64. The van der Waals surface area contributed by atoms with E-state index >= 15 is 0 Å². The summed E-state index contributed by atoms with van der Waals surface area (Å²) in [7, 11) is 0. The van der Waals surface area contributed by atoms with Gasteiger partial charge in [-0.05, 0) is 55.4 Å². The van der Waals surface area contributed by atoms with E-state index in [0.29, 0.717) is 30.3 Å². The Morgan fingerprint density at radius 3 is 2.78 bits per heavy atom. The van der Waals surface area contributed by atoms with Gasteiger partial charge in [0.15, 0.2) is 5.11 Å². The number of thiocarbonyl (C=S) groups is 1. The fourth-order valence-corrected chi connectivity index (χ4v) is 3.23. The Bertz CT molecular complexity index is 996. The number of hydrogen-bond donors (Lipinski definition) is 3. The standard InChI is InChI=1S/C20H23N3O3S/c1-13-5-6-14(2)18-17(13)10-15(19(25)22-18)12-23(7-8-24)20(27)21-11-16-4-3-9-26-16/h3-6,9-10,24H,7-8,11-12H2,1-2H3,(H,21,27)(H,22,25). The molecular weight excluding hydrogens is 362 g/mol. The maximum Gasteiger partial charge on any atom is 0.253 e. The number of pyridine rings is 1. The van der Waals surface area contributed by atoms with Crippen LogP contribution in [0.15, 0.2) is 45.8 Å². The monoisotopic (exact) mass is 385 g/mol. The first kappa shape index (κ1) is 19.1. The van der Waals surface area contributed by atoms with Gasteiger partial charge in [0.25, 0.3) is 5.56 Å². The molecule has 6 nitrogen and oxygen atoms in total. The van der Waals surface area contributed by atoms with Crippen molar-refractivity contribution in [3.05, 3.63) is 69.4 Å². The van der Waals surface area contributed by atoms with Crippen molar-refractivity contribution in [3.63, 3.8) is 0 Å². The molecule has 0 aliphatic carbocycles. The molecule has 0 fully saturated rings. The van der Waals surface area contributed by atoms with Crippen LogP contribution in [0.5, 0.6) is 0 Å². The zero-order valence-corrected chi connectivity index (χ0v) is 16.2. The Labute approximate surface area is 162 Å². The normalized spacial score (nSPS) is 10.9. The van der Waals surface area contributed by atoms with Crippen molar-refractivity contribution in [2.45, 2.75) is 26.9 Å². The van der Waals surface area contributed by atoms with Gasteiger partial charge in [0.1, 0.15) is 5.76 Å². The van der Waals surface area contributed by atoms with Crippen LogP contribution in [0.2, 0.25) is 0 Å². The number of aromatic amines is 1. The lowest BCUT2D eigenvalue weighted by atomic mass is 10.0. The van der Waals surface area contributed by atoms with Gasteiger partial charge in [0.2, 0.25) is 0 Å². The molecule has 3 aromatic rings. The molecule has 27 heavy (non-hydrogen) atoms. The van der Waals surface area contributed by atoms with E-state index in [-0.39, 0.29) is 12.2 Å². The predicted molar refractivity (Wildman–Crippen MR) is 110 cm³/mol. The number of furan rings is 1. The molecule has 0 aliphatic heterocycles. The number of fused-ring (bicyclic) bond motifs is 1. The molecule has 2 aromatic heterocycles. The molecule has 0 saturated carbocycles. The van der Waals surface area contributed by atoms with E-state index in [0.717, 1.165) is 27.8 Å². The molecule has 0 spiro atoms. The Morgan fingerprint density at radius 1 is 1.30 bits per heavy atom. The van der Waals surface area contributed by atoms with Gasteiger partial charge in [0.05, 0.1) is 31.5 Å². The number of aliphatic hydroxyl groups is 1. The zero-order chi connectivity index (χ0) is 19.4. The maximum atomic E-state index is 12.6. The lowest BCUT2D eigenvalue weighted by molar-refractivity contribution is 0.245. The summed E-state index contributed by atoms with van der Waals surface area (Å²) >= 11 is 5.45. The van der Waals surface area contributed by atoms with E-state index in [4.69, 9.17) is 16.6 Å². The molecule has 0 atom stereocenters. The second kappa shape index (κ2) is 8.37. The van der Waals surface area contributed by atoms with Crippen molar-refractivity contribution >= 4 is 28.2 Å². The van der Waals surface area contributed by atoms with E-state index in [1.54, 1.807) is 11.2 Å². The molecule has 0 amide bonds. The van der Waals surface area contributed by atoms with Crippen LogP contribution in [-0.2, 0) is 13.1 Å². The summed E-state index contributed by atoms with van der Waals surface area (Å²) in [5.41, 5.74) is 3.44. The van der Waals surface area contributed by atoms with Crippen molar-refractivity contribution in [2.24, 2.45) is 0 Å². The highest BCUT2D eigenvalue weighted by atomic mass is 32.1. The van der Waals surface area contributed by atoms with E-state index < -0.39 is 0 Å². The second-order valence-electron chi connectivity index (χ2n) is 6.49. The number of aryl methyl sites for hydroxylation is 2. The zero-order valence-electron chi connectivity index (χ0n) is 15.4. The first-order chi connectivity index (χ1) is 13.0. The number of rotatable bonds is 6. The van der Waals surface area contributed by atoms with Crippen molar-refractivity contribution in [2.75, 3.05) is 13.2 Å². The summed E-state index contributed by atoms with van der Waals surface area (Å²) in [5.74, 6) is 0.760. The van der Waals surface area contributed by atoms with Crippen LogP contribution < -0.4 is 10.9 Å². The van der Waals surface area contributed by atoms with E-state index in [1.165, 1.54) is 0 Å². The molecular formula is C20H23N3O3S. The molecule has 0 radical (unpaired) electrons. The van der Waals surface area contributed by atoms with E-state index in [9.17, 15) is 9.90 Å². The van der Waals surface area contributed by atoms with Gasteiger partial charge in [-0.2, -0.15) is 0 Å². The smallest absolute Gasteiger partial charge is 0.253 e. The highest BCUT2D eigenvalue weighted by Gasteiger charge is 2.14. The van der Waals surface area contributed by atoms with Crippen LogP contribution in [-0.4, -0.2) is 33.3 Å². The number of nitrogens with one attached hydrogen (secondary N) is 2. The van der Waals surface area contributed by atoms with E-state index in [2.05, 4.69) is 10.3 Å². The van der Waals surface area contributed by atoms with Gasteiger partial charge in [-0.3, -0.25) is 4.79 Å². The van der Waals surface area contributed by atoms with Gasteiger partial charge < -0.3 is 24.7 Å². The highest BCUT2D eigenvalue weighted by Crippen LogP contribution is 2.20. The average molecular weight is 385 g/mol. The third-order valence-corrected chi connectivity index (χ3v) is 4.94. The van der Waals surface area contributed by atoms with Crippen LogP contribution in [0.4, 0.5) is 0 Å². The molecule has 0 saturated heterocycles. The van der Waals surface area contributed by atoms with Crippen LogP contribution in [0.1, 0.15) is 22.5 Å². The van der Waals surface area contributed by atoms with Gasteiger partial charge in [-0.1, -0.05) is 12.1 Å². The van der Waals surface area contributed by atoms with Crippen molar-refractivity contribution < 1.29 is 9.52 Å². The minimum atomic E-state index is -0.145. The summed E-state index contributed by atoms with van der Waals surface area (Å²) in [5, 5.41) is 14.0. The Morgan fingerprint density at radius 2 is 2.07 bits per heavy atom. The summed E-state index contributed by atoms with van der Waals surface area (Å²) in [6.07, 6.45) is 1.60. The minimum absolute atomic E-state index is 0.0633. The minimum Gasteiger partial charge on any atom is -0.467 e. The summed E-state index contributed by atoms with van der Waals surface area (Å²) in [6.45, 7) is 5.01. The molecule has 0 aliphatic rings. The largest absolute Gasteiger partial charge is 0.467 e. The molecule has 142 valence electrons. The van der Waals surface area contributed by atoms with Crippen molar-refractivity contribution in [1.82, 2.24) is 15.2 Å². The molecule has 3 rings (SSSR count). The second-order valence-corrected chi connectivity index (χ2v) is 6.88. The number of benzene rings is 1. The maximum absolute atomic E-state index is 12.6. The fraction of sp³-hybridized carbons (Fsp3) is 0.300. The lowest BCUT2D eigenvalue weighted by Gasteiger charge is -2.25. The molecule has 2 heterocycles. The molecule has 7 heteroatoms. The first-order valence-corrected chi connectivity index (χ1v) is 9.18. The number of aliphatic hydroxyl groups excluding tert-OH is 1. The third-order valence-electron chi connectivity index (χ3n) is 4.53. The molecule has 1 aromatic carbocycles. The number of aromatic nitrogens is 1. The fourth-order valence-electron chi connectivity index (χ4n) is 3.00. The molecule has 0 unspecified atom stereocenters. The van der Waals surface area contributed by atoms with Crippen molar-refractivity contribution in [1.29, 1.82) is 0 Å². The predicted octanol–water partition coefficient (Wildman–Crippen LogP) is 2.61. The van der Waals surface area contributed by atoms with Crippen LogP contribution in [0.25, 0.3) is 10.9 Å². The first-order valence-electron chi connectivity index (χ1n) is 8.77. The van der Waals surface area contributed by atoms with Gasteiger partial charge in [-0.15, -0.1) is 0 Å². The third kappa shape index (κ3) is 4.37. The van der Waals surface area contributed by atoms with Gasteiger partial charge in [-0.25, -0.2) is 0 Å². The Kier molecular flexibility index (Phi) is 5.93.